The van der Waals surface area contributed by atoms with Gasteiger partial charge >= 0.3 is 0 Å². The molecule has 22 heavy (non-hydrogen) atoms. The highest BCUT2D eigenvalue weighted by Gasteiger charge is 2.21. The van der Waals surface area contributed by atoms with Crippen molar-refractivity contribution in [2.45, 2.75) is 19.5 Å². The second kappa shape index (κ2) is 5.94. The summed E-state index contributed by atoms with van der Waals surface area (Å²) in [6, 6.07) is 9.57. The van der Waals surface area contributed by atoms with E-state index >= 15 is 0 Å². The lowest BCUT2D eigenvalue weighted by molar-refractivity contribution is 0.307. The number of likely N-dealkylation sites (N-methyl/N-ethyl adjacent to an activating group) is 1. The van der Waals surface area contributed by atoms with Gasteiger partial charge in [0.15, 0.2) is 0 Å². The third kappa shape index (κ3) is 2.42. The van der Waals surface area contributed by atoms with E-state index in [0.717, 1.165) is 30.9 Å². The van der Waals surface area contributed by atoms with Crippen LogP contribution in [0.15, 0.2) is 35.1 Å². The molecule has 2 heterocycles. The van der Waals surface area contributed by atoms with Crippen LogP contribution in [-0.2, 0) is 19.5 Å². The van der Waals surface area contributed by atoms with Crippen LogP contribution in [0.5, 0.6) is 5.75 Å². The molecule has 0 aliphatic carbocycles. The fourth-order valence-corrected chi connectivity index (χ4v) is 3.06. The highest BCUT2D eigenvalue weighted by Crippen LogP contribution is 2.26. The van der Waals surface area contributed by atoms with Gasteiger partial charge in [-0.05, 0) is 30.8 Å². The van der Waals surface area contributed by atoms with E-state index in [2.05, 4.69) is 11.9 Å². The number of nitrogens with zero attached hydrogens (tertiary/aromatic N) is 2. The average molecular weight is 299 g/mol. The molecule has 0 spiro atoms. The largest absolute Gasteiger partial charge is 0.495 e. The van der Waals surface area contributed by atoms with Crippen molar-refractivity contribution in [1.29, 1.82) is 0 Å². The Bertz CT molecular complexity index is 752. The zero-order valence-electron chi connectivity index (χ0n) is 13.0. The molecule has 1 aliphatic rings. The molecule has 1 aromatic heterocycles. The smallest absolute Gasteiger partial charge is 0.259 e. The van der Waals surface area contributed by atoms with Crippen molar-refractivity contribution < 1.29 is 4.74 Å². The summed E-state index contributed by atoms with van der Waals surface area (Å²) in [5, 5.41) is 0. The number of nitrogens with two attached hydrogens (primary N) is 1. The Morgan fingerprint density at radius 3 is 2.82 bits per heavy atom. The summed E-state index contributed by atoms with van der Waals surface area (Å²) in [7, 11) is 3.71. The number of rotatable bonds is 3. The van der Waals surface area contributed by atoms with Crippen molar-refractivity contribution in [2.24, 2.45) is 5.73 Å². The van der Waals surface area contributed by atoms with E-state index in [1.165, 1.54) is 5.56 Å². The Balaban J connectivity index is 2.30. The first kappa shape index (κ1) is 14.8. The number of benzene rings is 1. The second-order valence-electron chi connectivity index (χ2n) is 5.65. The third-order valence-electron chi connectivity index (χ3n) is 4.18. The fraction of sp³-hybridized carbons (Fsp3) is 0.353. The number of pyridine rings is 1. The predicted molar refractivity (Wildman–Crippen MR) is 86.5 cm³/mol. The molecule has 2 N–H and O–H groups in total. The van der Waals surface area contributed by atoms with Crippen LogP contribution >= 0.6 is 0 Å². The Hall–Kier alpha value is -2.11. The number of fused-ring (bicyclic) bond motifs is 1. The lowest BCUT2D eigenvalue weighted by Gasteiger charge is -2.28. The van der Waals surface area contributed by atoms with Crippen molar-refractivity contribution in [3.05, 3.63) is 57.5 Å². The van der Waals surface area contributed by atoms with Crippen molar-refractivity contribution in [1.82, 2.24) is 9.47 Å². The maximum absolute atomic E-state index is 12.8. The monoisotopic (exact) mass is 299 g/mol. The first-order valence-corrected chi connectivity index (χ1v) is 7.44. The Labute approximate surface area is 129 Å². The minimum absolute atomic E-state index is 0.0460. The number of methoxy groups -OCH3 is 1. The molecule has 116 valence electrons. The van der Waals surface area contributed by atoms with Crippen LogP contribution in [0.3, 0.4) is 0 Å². The van der Waals surface area contributed by atoms with Gasteiger partial charge in [-0.15, -0.1) is 0 Å². The lowest BCUT2D eigenvalue weighted by atomic mass is 10.0. The molecule has 0 saturated carbocycles. The van der Waals surface area contributed by atoms with Gasteiger partial charge in [-0.1, -0.05) is 12.1 Å². The highest BCUT2D eigenvalue weighted by molar-refractivity contribution is 5.49. The number of hydrogen-bond acceptors (Lipinski definition) is 4. The van der Waals surface area contributed by atoms with Gasteiger partial charge in [0.2, 0.25) is 0 Å². The number of aromatic nitrogens is 1. The van der Waals surface area contributed by atoms with E-state index in [1.807, 2.05) is 30.3 Å². The van der Waals surface area contributed by atoms with Crippen LogP contribution in [-0.4, -0.2) is 30.2 Å². The lowest BCUT2D eigenvalue weighted by Crippen LogP contribution is -2.35. The van der Waals surface area contributed by atoms with Gasteiger partial charge < -0.3 is 15.4 Å². The summed E-state index contributed by atoms with van der Waals surface area (Å²) in [6.45, 7) is 2.01. The molecule has 0 atom stereocenters. The Morgan fingerprint density at radius 2 is 2.09 bits per heavy atom. The van der Waals surface area contributed by atoms with E-state index in [1.54, 1.807) is 11.7 Å². The van der Waals surface area contributed by atoms with E-state index in [-0.39, 0.29) is 12.1 Å². The van der Waals surface area contributed by atoms with E-state index in [9.17, 15) is 4.79 Å². The average Bonchev–Trinajstić information content (AvgIpc) is 2.54. The SMILES string of the molecule is COc1ccccc1-n1c2c(cc(CN)c1=O)CN(C)CC2. The minimum Gasteiger partial charge on any atom is -0.495 e. The molecule has 0 saturated heterocycles. The first-order valence-electron chi connectivity index (χ1n) is 7.44. The molecule has 0 fully saturated rings. The van der Waals surface area contributed by atoms with E-state index in [0.29, 0.717) is 11.3 Å². The second-order valence-corrected chi connectivity index (χ2v) is 5.65. The molecular weight excluding hydrogens is 278 g/mol. The molecule has 0 amide bonds. The molecule has 1 aliphatic heterocycles. The van der Waals surface area contributed by atoms with Crippen LogP contribution < -0.4 is 16.0 Å². The molecule has 0 bridgehead atoms. The predicted octanol–water partition coefficient (Wildman–Crippen LogP) is 1.29. The van der Waals surface area contributed by atoms with Crippen LogP contribution in [0.2, 0.25) is 0 Å². The van der Waals surface area contributed by atoms with Gasteiger partial charge in [-0.2, -0.15) is 0 Å². The molecule has 3 rings (SSSR count). The first-order chi connectivity index (χ1) is 10.7. The summed E-state index contributed by atoms with van der Waals surface area (Å²) >= 11 is 0. The maximum Gasteiger partial charge on any atom is 0.259 e. The number of hydrogen-bond donors (Lipinski definition) is 1. The Kier molecular flexibility index (Phi) is 4.00. The number of para-hydroxylation sites is 2. The van der Waals surface area contributed by atoms with Crippen LogP contribution in [0, 0.1) is 0 Å². The van der Waals surface area contributed by atoms with Crippen molar-refractivity contribution in [2.75, 3.05) is 20.7 Å². The quantitative estimate of drug-likeness (QED) is 0.928. The molecule has 2 aromatic rings. The minimum atomic E-state index is -0.0460. The maximum atomic E-state index is 12.8. The fourth-order valence-electron chi connectivity index (χ4n) is 3.06. The number of ether oxygens (including phenoxy) is 1. The molecule has 1 aromatic carbocycles. The molecular formula is C17H21N3O2. The molecule has 5 heteroatoms. The molecule has 5 nitrogen and oxygen atoms in total. The van der Waals surface area contributed by atoms with E-state index in [4.69, 9.17) is 10.5 Å². The summed E-state index contributed by atoms with van der Waals surface area (Å²) in [5.41, 5.74) is 9.38. The van der Waals surface area contributed by atoms with Gasteiger partial charge in [0.05, 0.1) is 12.8 Å². The van der Waals surface area contributed by atoms with Crippen LogP contribution in [0.4, 0.5) is 0 Å². The third-order valence-corrected chi connectivity index (χ3v) is 4.18. The summed E-state index contributed by atoms with van der Waals surface area (Å²) in [4.78, 5) is 15.1. The summed E-state index contributed by atoms with van der Waals surface area (Å²) < 4.78 is 7.22. The standard InChI is InChI=1S/C17H21N3O2/c1-19-8-7-14-13(11-19)9-12(10-18)17(21)20(14)15-5-3-4-6-16(15)22-2/h3-6,9H,7-8,10-11,18H2,1-2H3. The Morgan fingerprint density at radius 1 is 1.32 bits per heavy atom. The summed E-state index contributed by atoms with van der Waals surface area (Å²) in [6.07, 6.45) is 0.837. The van der Waals surface area contributed by atoms with Crippen molar-refractivity contribution in [3.63, 3.8) is 0 Å². The van der Waals surface area contributed by atoms with E-state index < -0.39 is 0 Å². The van der Waals surface area contributed by atoms with Crippen molar-refractivity contribution >= 4 is 0 Å². The van der Waals surface area contributed by atoms with Crippen molar-refractivity contribution in [3.8, 4) is 11.4 Å². The topological polar surface area (TPSA) is 60.5 Å². The van der Waals surface area contributed by atoms with Crippen LogP contribution in [0.25, 0.3) is 5.69 Å². The van der Waals surface area contributed by atoms with Gasteiger partial charge in [0, 0.05) is 37.3 Å². The van der Waals surface area contributed by atoms with Gasteiger partial charge in [0.25, 0.3) is 5.56 Å². The summed E-state index contributed by atoms with van der Waals surface area (Å²) in [5.74, 6) is 0.694. The van der Waals surface area contributed by atoms with Gasteiger partial charge in [-0.3, -0.25) is 9.36 Å². The molecule has 0 radical (unpaired) electrons. The van der Waals surface area contributed by atoms with Gasteiger partial charge in [0.1, 0.15) is 5.75 Å². The zero-order chi connectivity index (χ0) is 15.7. The zero-order valence-corrected chi connectivity index (χ0v) is 13.0. The van der Waals surface area contributed by atoms with Crippen LogP contribution in [0.1, 0.15) is 16.8 Å². The normalized spacial score (nSPS) is 14.7. The molecule has 0 unspecified atom stereocenters. The highest BCUT2D eigenvalue weighted by atomic mass is 16.5. The van der Waals surface area contributed by atoms with Gasteiger partial charge in [-0.25, -0.2) is 0 Å².